The van der Waals surface area contributed by atoms with Crippen LogP contribution in [-0.2, 0) is 23.3 Å². The Morgan fingerprint density at radius 2 is 1.58 bits per heavy atom. The van der Waals surface area contributed by atoms with Crippen molar-refractivity contribution in [2.24, 2.45) is 0 Å². The van der Waals surface area contributed by atoms with Gasteiger partial charge in [-0.25, -0.2) is 17.6 Å². The number of carbonyl (C=O) groups excluding carboxylic acids is 1. The smallest absolute Gasteiger partial charge is 0.290 e. The van der Waals surface area contributed by atoms with Crippen LogP contribution in [0.4, 0.5) is 30.7 Å². The van der Waals surface area contributed by atoms with Crippen molar-refractivity contribution in [1.29, 1.82) is 0 Å². The summed E-state index contributed by atoms with van der Waals surface area (Å²) in [6.07, 6.45) is -5.56. The number of halogens is 7. The lowest BCUT2D eigenvalue weighted by Crippen LogP contribution is -2.31. The minimum Gasteiger partial charge on any atom is -0.290 e. The van der Waals surface area contributed by atoms with Crippen molar-refractivity contribution in [2.45, 2.75) is 48.3 Å². The minimum atomic E-state index is -4.91. The van der Waals surface area contributed by atoms with Crippen LogP contribution < -0.4 is 5.56 Å². The van der Waals surface area contributed by atoms with Crippen molar-refractivity contribution in [1.82, 2.24) is 4.57 Å². The highest BCUT2D eigenvalue weighted by Crippen LogP contribution is 2.44. The highest BCUT2D eigenvalue weighted by atomic mass is 32.2. The van der Waals surface area contributed by atoms with Gasteiger partial charge in [0.1, 0.15) is 17.7 Å². The third-order valence-electron chi connectivity index (χ3n) is 7.18. The summed E-state index contributed by atoms with van der Waals surface area (Å²) in [4.78, 5) is 28.1. The number of benzene rings is 3. The predicted molar refractivity (Wildman–Crippen MR) is 152 cm³/mol. The molecule has 3 aromatic carbocycles. The fraction of sp³-hybridized carbons (Fsp3) is 0.226. The number of hydrogen-bond acceptors (Lipinski definition) is 4. The topological polar surface area (TPSA) is 39.1 Å². The SMILES string of the molecule is Cc1c(Cc2c(F)cccc2C(F)(F)F)c2n(c(=O)c1-c1cccc(C(C)(F)F)c1F)C(C(=O)Sc1ccccc1)CS2. The maximum absolute atomic E-state index is 15.6. The number of rotatable bonds is 6. The Morgan fingerprint density at radius 3 is 2.23 bits per heavy atom. The molecule has 1 aliphatic rings. The average Bonchev–Trinajstić information content (AvgIpc) is 3.38. The number of nitrogens with zero attached hydrogens (tertiary/aromatic N) is 1. The number of fused-ring (bicyclic) bond motifs is 1. The zero-order chi connectivity index (χ0) is 31.3. The first kappa shape index (κ1) is 30.9. The van der Waals surface area contributed by atoms with E-state index >= 15 is 4.39 Å². The molecule has 0 saturated heterocycles. The molecule has 0 fully saturated rings. The summed E-state index contributed by atoms with van der Waals surface area (Å²) in [6, 6.07) is 13.1. The van der Waals surface area contributed by atoms with Crippen molar-refractivity contribution < 1.29 is 35.5 Å². The van der Waals surface area contributed by atoms with Crippen LogP contribution in [0.3, 0.4) is 0 Å². The third kappa shape index (κ3) is 5.86. The Kier molecular flexibility index (Phi) is 8.30. The molecule has 0 amide bonds. The van der Waals surface area contributed by atoms with E-state index in [1.165, 1.54) is 6.92 Å². The summed E-state index contributed by atoms with van der Waals surface area (Å²) in [5.41, 5.74) is -4.61. The number of carbonyl (C=O) groups is 1. The molecule has 1 aromatic heterocycles. The van der Waals surface area contributed by atoms with E-state index in [1.54, 1.807) is 30.3 Å². The molecule has 1 atom stereocenters. The molecule has 1 aliphatic heterocycles. The zero-order valence-electron chi connectivity index (χ0n) is 22.6. The van der Waals surface area contributed by atoms with Gasteiger partial charge >= 0.3 is 6.18 Å². The molecule has 3 nitrogen and oxygen atoms in total. The zero-order valence-corrected chi connectivity index (χ0v) is 24.2. The Bertz CT molecular complexity index is 1780. The minimum absolute atomic E-state index is 0.000548. The van der Waals surface area contributed by atoms with Crippen molar-refractivity contribution >= 4 is 28.6 Å². The van der Waals surface area contributed by atoms with Gasteiger partial charge in [0, 0.05) is 35.1 Å². The number of alkyl halides is 5. The average molecular weight is 638 g/mol. The lowest BCUT2D eigenvalue weighted by molar-refractivity contribution is -0.138. The molecule has 1 unspecified atom stereocenters. The first-order valence-electron chi connectivity index (χ1n) is 12.9. The maximum Gasteiger partial charge on any atom is 0.416 e. The molecule has 4 aromatic rings. The highest BCUT2D eigenvalue weighted by Gasteiger charge is 2.39. The second-order valence-electron chi connectivity index (χ2n) is 10.0. The normalized spacial score (nSPS) is 15.0. The molecule has 2 heterocycles. The number of hydrogen-bond donors (Lipinski definition) is 0. The van der Waals surface area contributed by atoms with E-state index < -0.39 is 74.7 Å². The van der Waals surface area contributed by atoms with Crippen LogP contribution in [-0.4, -0.2) is 15.4 Å². The molecule has 0 N–H and O–H groups in total. The standard InChI is InChI=1S/C31H22F7NO2S2/c1-16-19(14-20-21(31(36,37)38)11-7-13-23(20)32)28-39(24(15-42-28)29(41)43-17-8-4-3-5-9-17)27(40)25(16)18-10-6-12-22(26(18)33)30(2,34)35/h3-13,24H,14-15H2,1-2H3. The summed E-state index contributed by atoms with van der Waals surface area (Å²) in [6.45, 7) is 1.84. The molecule has 0 saturated carbocycles. The lowest BCUT2D eigenvalue weighted by Gasteiger charge is -2.22. The van der Waals surface area contributed by atoms with Crippen molar-refractivity contribution in [3.63, 3.8) is 0 Å². The summed E-state index contributed by atoms with van der Waals surface area (Å²) in [5.74, 6) is -6.10. The second-order valence-corrected chi connectivity index (χ2v) is 12.1. The first-order valence-corrected chi connectivity index (χ1v) is 14.7. The molecule has 5 rings (SSSR count). The van der Waals surface area contributed by atoms with Gasteiger partial charge in [-0.2, -0.15) is 13.2 Å². The maximum atomic E-state index is 15.6. The number of aromatic nitrogens is 1. The summed E-state index contributed by atoms with van der Waals surface area (Å²) in [7, 11) is 0. The Morgan fingerprint density at radius 1 is 0.930 bits per heavy atom. The quantitative estimate of drug-likeness (QED) is 0.157. The van der Waals surface area contributed by atoms with Gasteiger partial charge in [-0.3, -0.25) is 14.2 Å². The van der Waals surface area contributed by atoms with Gasteiger partial charge in [-0.05, 0) is 54.1 Å². The van der Waals surface area contributed by atoms with Crippen LogP contribution in [0, 0.1) is 18.6 Å². The van der Waals surface area contributed by atoms with Crippen LogP contribution in [0.2, 0.25) is 0 Å². The predicted octanol–water partition coefficient (Wildman–Crippen LogP) is 8.79. The van der Waals surface area contributed by atoms with Crippen molar-refractivity contribution in [3.8, 4) is 11.1 Å². The van der Waals surface area contributed by atoms with E-state index in [9.17, 15) is 35.9 Å². The first-order chi connectivity index (χ1) is 20.2. The van der Waals surface area contributed by atoms with E-state index in [0.29, 0.717) is 11.8 Å². The van der Waals surface area contributed by atoms with Crippen LogP contribution in [0.5, 0.6) is 0 Å². The molecule has 224 valence electrons. The van der Waals surface area contributed by atoms with E-state index in [0.717, 1.165) is 64.5 Å². The molecule has 0 bridgehead atoms. The summed E-state index contributed by atoms with van der Waals surface area (Å²) >= 11 is 1.89. The Balaban J connectivity index is 1.76. The fourth-order valence-electron chi connectivity index (χ4n) is 5.12. The van der Waals surface area contributed by atoms with Gasteiger partial charge in [-0.15, -0.1) is 11.8 Å². The van der Waals surface area contributed by atoms with Gasteiger partial charge < -0.3 is 0 Å². The molecule has 43 heavy (non-hydrogen) atoms. The van der Waals surface area contributed by atoms with E-state index in [2.05, 4.69) is 0 Å². The molecular weight excluding hydrogens is 615 g/mol. The van der Waals surface area contributed by atoms with Crippen LogP contribution >= 0.6 is 23.5 Å². The van der Waals surface area contributed by atoms with Crippen LogP contribution in [0.1, 0.15) is 40.8 Å². The van der Waals surface area contributed by atoms with Crippen LogP contribution in [0.15, 0.2) is 81.4 Å². The van der Waals surface area contributed by atoms with E-state index in [-0.39, 0.29) is 21.9 Å². The molecule has 0 spiro atoms. The molecule has 0 aliphatic carbocycles. The third-order valence-corrected chi connectivity index (χ3v) is 9.36. The second kappa shape index (κ2) is 11.5. The molecule has 12 heteroatoms. The van der Waals surface area contributed by atoms with Gasteiger partial charge in [0.2, 0.25) is 5.12 Å². The Labute approximate surface area is 250 Å². The van der Waals surface area contributed by atoms with Crippen molar-refractivity contribution in [3.05, 3.63) is 117 Å². The highest BCUT2D eigenvalue weighted by molar-refractivity contribution is 8.13. The largest absolute Gasteiger partial charge is 0.416 e. The summed E-state index contributed by atoms with van der Waals surface area (Å²) < 4.78 is 102. The molecule has 0 radical (unpaired) electrons. The Hall–Kier alpha value is -3.51. The van der Waals surface area contributed by atoms with E-state index in [4.69, 9.17) is 0 Å². The number of thioether (sulfide) groups is 2. The van der Waals surface area contributed by atoms with Gasteiger partial charge in [0.15, 0.2) is 0 Å². The lowest BCUT2D eigenvalue weighted by atomic mass is 9.91. The van der Waals surface area contributed by atoms with Gasteiger partial charge in [0.25, 0.3) is 11.5 Å². The monoisotopic (exact) mass is 637 g/mol. The van der Waals surface area contributed by atoms with Gasteiger partial charge in [0.05, 0.1) is 21.7 Å². The van der Waals surface area contributed by atoms with Crippen molar-refractivity contribution in [2.75, 3.05) is 5.75 Å². The fourth-order valence-corrected chi connectivity index (χ4v) is 7.44. The van der Waals surface area contributed by atoms with Crippen LogP contribution in [0.25, 0.3) is 11.1 Å². The van der Waals surface area contributed by atoms with E-state index in [1.807, 2.05) is 0 Å². The molecular formula is C31H22F7NO2S2. The van der Waals surface area contributed by atoms with Gasteiger partial charge in [-0.1, -0.05) is 42.5 Å². The number of pyridine rings is 1. The summed E-state index contributed by atoms with van der Waals surface area (Å²) in [5, 5.41) is -0.330.